The van der Waals surface area contributed by atoms with E-state index in [-0.39, 0.29) is 0 Å². The van der Waals surface area contributed by atoms with Crippen LogP contribution in [0.15, 0.2) is 46.7 Å². The van der Waals surface area contributed by atoms with Gasteiger partial charge in [0.05, 0.1) is 29.9 Å². The SMILES string of the molecule is CCC[C@H]1CCCCCCC2=NC(=Cc3[nH]c(-c4ccc[nH]4)cc3OC)C1=C2. The van der Waals surface area contributed by atoms with Gasteiger partial charge in [0.2, 0.25) is 0 Å². The Balaban J connectivity index is 1.70. The largest absolute Gasteiger partial charge is 0.494 e. The van der Waals surface area contributed by atoms with Crippen LogP contribution in [0, 0.1) is 5.92 Å². The average Bonchev–Trinajstić information content (AvgIpc) is 3.43. The molecule has 4 rings (SSSR count). The van der Waals surface area contributed by atoms with Crippen LogP contribution < -0.4 is 4.74 Å². The number of nitrogens with one attached hydrogen (secondary N) is 2. The predicted octanol–water partition coefficient (Wildman–Crippen LogP) is 6.51. The Morgan fingerprint density at radius 1 is 1.21 bits per heavy atom. The lowest BCUT2D eigenvalue weighted by molar-refractivity contribution is 0.414. The van der Waals surface area contributed by atoms with Crippen molar-refractivity contribution in [1.82, 2.24) is 9.97 Å². The van der Waals surface area contributed by atoms with Crippen LogP contribution in [0.2, 0.25) is 0 Å². The summed E-state index contributed by atoms with van der Waals surface area (Å²) in [5.74, 6) is 1.47. The van der Waals surface area contributed by atoms with Gasteiger partial charge < -0.3 is 14.7 Å². The summed E-state index contributed by atoms with van der Waals surface area (Å²) in [5, 5.41) is 0. The average molecular weight is 378 g/mol. The fourth-order valence-corrected chi connectivity index (χ4v) is 4.44. The maximum atomic E-state index is 5.65. The Bertz CT molecular complexity index is 883. The van der Waals surface area contributed by atoms with Crippen molar-refractivity contribution in [3.05, 3.63) is 47.4 Å². The highest BCUT2D eigenvalue weighted by molar-refractivity contribution is 6.00. The van der Waals surface area contributed by atoms with Crippen molar-refractivity contribution in [2.75, 3.05) is 7.11 Å². The maximum Gasteiger partial charge on any atom is 0.144 e. The molecular weight excluding hydrogens is 346 g/mol. The van der Waals surface area contributed by atoms with E-state index in [0.29, 0.717) is 5.92 Å². The molecule has 1 aliphatic carbocycles. The highest BCUT2D eigenvalue weighted by Crippen LogP contribution is 2.37. The molecule has 0 radical (unpaired) electrons. The fourth-order valence-electron chi connectivity index (χ4n) is 4.44. The third-order valence-corrected chi connectivity index (χ3v) is 5.89. The molecule has 4 heteroatoms. The maximum absolute atomic E-state index is 5.65. The van der Waals surface area contributed by atoms with Crippen LogP contribution >= 0.6 is 0 Å². The van der Waals surface area contributed by atoms with E-state index < -0.39 is 0 Å². The molecule has 2 bridgehead atoms. The second-order valence-electron chi connectivity index (χ2n) is 7.92. The van der Waals surface area contributed by atoms with Crippen LogP contribution in [0.25, 0.3) is 17.5 Å². The summed E-state index contributed by atoms with van der Waals surface area (Å²) in [6, 6.07) is 6.12. The van der Waals surface area contributed by atoms with Gasteiger partial charge in [0, 0.05) is 18.0 Å². The molecule has 4 nitrogen and oxygen atoms in total. The van der Waals surface area contributed by atoms with Crippen LogP contribution in [-0.2, 0) is 0 Å². The monoisotopic (exact) mass is 377 g/mol. The van der Waals surface area contributed by atoms with Crippen LogP contribution in [0.4, 0.5) is 0 Å². The summed E-state index contributed by atoms with van der Waals surface area (Å²) < 4.78 is 5.65. The molecule has 0 unspecified atom stereocenters. The van der Waals surface area contributed by atoms with E-state index in [9.17, 15) is 0 Å². The predicted molar refractivity (Wildman–Crippen MR) is 117 cm³/mol. The van der Waals surface area contributed by atoms with E-state index in [1.807, 2.05) is 12.3 Å². The number of hydrogen-bond donors (Lipinski definition) is 2. The Labute approximate surface area is 167 Å². The van der Waals surface area contributed by atoms with Gasteiger partial charge in [-0.1, -0.05) is 32.6 Å². The van der Waals surface area contributed by atoms with Crippen LogP contribution in [0.5, 0.6) is 5.75 Å². The molecule has 1 atom stereocenters. The lowest BCUT2D eigenvalue weighted by Crippen LogP contribution is -2.06. The molecular formula is C24H31N3O. The van der Waals surface area contributed by atoms with Crippen molar-refractivity contribution in [1.29, 1.82) is 0 Å². The zero-order chi connectivity index (χ0) is 19.3. The van der Waals surface area contributed by atoms with E-state index in [2.05, 4.69) is 41.2 Å². The fraction of sp³-hybridized carbons (Fsp3) is 0.458. The quantitative estimate of drug-likeness (QED) is 0.613. The van der Waals surface area contributed by atoms with Gasteiger partial charge in [-0.2, -0.15) is 0 Å². The number of hydrogen-bond acceptors (Lipinski definition) is 2. The van der Waals surface area contributed by atoms with Crippen molar-refractivity contribution >= 4 is 11.8 Å². The second kappa shape index (κ2) is 8.68. The van der Waals surface area contributed by atoms with Crippen molar-refractivity contribution in [2.24, 2.45) is 10.9 Å². The first-order chi connectivity index (χ1) is 13.8. The Morgan fingerprint density at radius 3 is 2.89 bits per heavy atom. The molecule has 2 aromatic heterocycles. The molecule has 1 aliphatic heterocycles. The van der Waals surface area contributed by atoms with Gasteiger partial charge in [-0.05, 0) is 61.5 Å². The van der Waals surface area contributed by atoms with E-state index in [1.165, 1.54) is 56.2 Å². The van der Waals surface area contributed by atoms with Gasteiger partial charge in [0.25, 0.3) is 0 Å². The molecule has 0 saturated heterocycles. The first-order valence-corrected chi connectivity index (χ1v) is 10.7. The molecule has 0 amide bonds. The van der Waals surface area contributed by atoms with Crippen molar-refractivity contribution in [3.63, 3.8) is 0 Å². The van der Waals surface area contributed by atoms with Gasteiger partial charge in [0.1, 0.15) is 5.75 Å². The molecule has 0 spiro atoms. The first-order valence-electron chi connectivity index (χ1n) is 10.7. The van der Waals surface area contributed by atoms with Crippen LogP contribution in [0.3, 0.4) is 0 Å². The lowest BCUT2D eigenvalue weighted by Gasteiger charge is -2.19. The zero-order valence-electron chi connectivity index (χ0n) is 17.1. The molecule has 2 N–H and O–H groups in total. The zero-order valence-corrected chi connectivity index (χ0v) is 17.1. The molecule has 0 saturated carbocycles. The van der Waals surface area contributed by atoms with Crippen molar-refractivity contribution < 1.29 is 4.74 Å². The van der Waals surface area contributed by atoms with Crippen LogP contribution in [-0.4, -0.2) is 22.8 Å². The molecule has 28 heavy (non-hydrogen) atoms. The number of aromatic amines is 2. The lowest BCUT2D eigenvalue weighted by atomic mass is 9.86. The topological polar surface area (TPSA) is 53.2 Å². The third kappa shape index (κ3) is 4.01. The van der Waals surface area contributed by atoms with Crippen molar-refractivity contribution in [2.45, 2.75) is 58.3 Å². The normalized spacial score (nSPS) is 21.5. The number of aromatic nitrogens is 2. The summed E-state index contributed by atoms with van der Waals surface area (Å²) in [4.78, 5) is 11.8. The Kier molecular flexibility index (Phi) is 5.84. The van der Waals surface area contributed by atoms with Gasteiger partial charge in [0.15, 0.2) is 0 Å². The molecule has 0 fully saturated rings. The highest BCUT2D eigenvalue weighted by atomic mass is 16.5. The molecule has 148 valence electrons. The summed E-state index contributed by atoms with van der Waals surface area (Å²) in [5.41, 5.74) is 6.88. The number of methoxy groups -OCH3 is 1. The highest BCUT2D eigenvalue weighted by Gasteiger charge is 2.24. The van der Waals surface area contributed by atoms with Gasteiger partial charge in [-0.25, -0.2) is 0 Å². The number of ether oxygens (including phenoxy) is 1. The second-order valence-corrected chi connectivity index (χ2v) is 7.92. The van der Waals surface area contributed by atoms with Gasteiger partial charge in [-0.15, -0.1) is 0 Å². The first kappa shape index (κ1) is 18.9. The third-order valence-electron chi connectivity index (χ3n) is 5.89. The summed E-state index contributed by atoms with van der Waals surface area (Å²) in [6.45, 7) is 2.29. The number of fused-ring (bicyclic) bond motifs is 1. The minimum absolute atomic E-state index is 0.611. The molecule has 2 aromatic rings. The van der Waals surface area contributed by atoms with Gasteiger partial charge in [-0.3, -0.25) is 4.99 Å². The number of nitrogens with zero attached hydrogens (tertiary/aromatic N) is 1. The summed E-state index contributed by atoms with van der Waals surface area (Å²) in [6.07, 6.45) is 16.6. The van der Waals surface area contributed by atoms with E-state index in [4.69, 9.17) is 9.73 Å². The Hall–Kier alpha value is -2.49. The number of allylic oxidation sites excluding steroid dienone is 2. The van der Waals surface area contributed by atoms with E-state index >= 15 is 0 Å². The summed E-state index contributed by atoms with van der Waals surface area (Å²) in [7, 11) is 1.73. The van der Waals surface area contributed by atoms with E-state index in [1.54, 1.807) is 7.11 Å². The molecule has 0 aromatic carbocycles. The molecule has 3 heterocycles. The number of aliphatic imine (C=N–C) groups is 1. The minimum atomic E-state index is 0.611. The standard InChI is InChI=1S/C24H31N3O/c1-3-9-17-10-6-4-5-7-11-18-14-19(17)21(26-18)15-23-24(28-2)16-22(27-23)20-12-8-13-25-20/h8,12-17,25,27H,3-7,9-11H2,1-2H3/t17-/m0/s1. The van der Waals surface area contributed by atoms with Gasteiger partial charge >= 0.3 is 0 Å². The van der Waals surface area contributed by atoms with E-state index in [0.717, 1.165) is 34.9 Å². The number of rotatable bonds is 5. The minimum Gasteiger partial charge on any atom is -0.494 e. The smallest absolute Gasteiger partial charge is 0.144 e. The molecule has 2 aliphatic rings. The number of H-pyrrole nitrogens is 2. The summed E-state index contributed by atoms with van der Waals surface area (Å²) >= 11 is 0. The van der Waals surface area contributed by atoms with Crippen LogP contribution in [0.1, 0.15) is 64.0 Å². The van der Waals surface area contributed by atoms with Crippen molar-refractivity contribution in [3.8, 4) is 17.1 Å². The Morgan fingerprint density at radius 2 is 2.11 bits per heavy atom.